The van der Waals surface area contributed by atoms with Crippen molar-refractivity contribution in [3.63, 3.8) is 0 Å². The summed E-state index contributed by atoms with van der Waals surface area (Å²) >= 11 is 0. The molecule has 0 spiro atoms. The Morgan fingerprint density at radius 1 is 1.18 bits per heavy atom. The lowest BCUT2D eigenvalue weighted by Crippen LogP contribution is -2.49. The predicted molar refractivity (Wildman–Crippen MR) is 97.4 cm³/mol. The van der Waals surface area contributed by atoms with Gasteiger partial charge in [0.25, 0.3) is 5.91 Å². The number of aromatic nitrogens is 2. The van der Waals surface area contributed by atoms with Crippen molar-refractivity contribution < 1.29 is 18.0 Å². The van der Waals surface area contributed by atoms with Crippen LogP contribution in [0.15, 0.2) is 23.0 Å². The van der Waals surface area contributed by atoms with Crippen LogP contribution >= 0.6 is 0 Å². The summed E-state index contributed by atoms with van der Waals surface area (Å²) in [6.07, 6.45) is -3.59. The monoisotopic (exact) mass is 397 g/mol. The number of halogens is 3. The number of carbonyl (C=O) groups excluding carboxylic acids is 1. The zero-order chi connectivity index (χ0) is 19.9. The van der Waals surface area contributed by atoms with Crippen LogP contribution in [0.5, 0.6) is 0 Å². The highest BCUT2D eigenvalue weighted by Gasteiger charge is 2.32. The largest absolute Gasteiger partial charge is 0.406 e. The fraction of sp³-hybridized carbons (Fsp3) is 0.556. The second-order valence-corrected chi connectivity index (χ2v) is 7.34. The van der Waals surface area contributed by atoms with Gasteiger partial charge >= 0.3 is 11.9 Å². The van der Waals surface area contributed by atoms with E-state index in [-0.39, 0.29) is 16.9 Å². The fourth-order valence-corrected chi connectivity index (χ4v) is 4.09. The number of hydrogen-bond acceptors (Lipinski definition) is 4. The summed E-state index contributed by atoms with van der Waals surface area (Å²) in [7, 11) is 0. The Hall–Kier alpha value is -2.33. The Bertz CT molecular complexity index is 929. The van der Waals surface area contributed by atoms with Gasteiger partial charge in [0.2, 0.25) is 0 Å². The Morgan fingerprint density at radius 3 is 2.64 bits per heavy atom. The van der Waals surface area contributed by atoms with E-state index in [0.717, 1.165) is 32.6 Å². The van der Waals surface area contributed by atoms with Crippen molar-refractivity contribution in [1.82, 2.24) is 24.7 Å². The number of amides is 1. The van der Waals surface area contributed by atoms with E-state index < -0.39 is 18.4 Å². The molecule has 2 saturated heterocycles. The van der Waals surface area contributed by atoms with Gasteiger partial charge < -0.3 is 15.2 Å². The van der Waals surface area contributed by atoms with Crippen molar-refractivity contribution in [3.8, 4) is 0 Å². The first kappa shape index (κ1) is 19.0. The van der Waals surface area contributed by atoms with Gasteiger partial charge in [0.15, 0.2) is 0 Å². The Morgan fingerprint density at radius 2 is 1.93 bits per heavy atom. The van der Waals surface area contributed by atoms with E-state index >= 15 is 0 Å². The summed E-state index contributed by atoms with van der Waals surface area (Å²) in [5, 5.41) is 3.31. The van der Waals surface area contributed by atoms with Crippen LogP contribution in [0.25, 0.3) is 11.0 Å². The number of hydrogen-bond donors (Lipinski definition) is 2. The van der Waals surface area contributed by atoms with E-state index in [1.807, 2.05) is 0 Å². The molecule has 0 radical (unpaired) electrons. The zero-order valence-corrected chi connectivity index (χ0v) is 15.3. The number of aromatic amines is 1. The molecule has 7 nitrogen and oxygen atoms in total. The van der Waals surface area contributed by atoms with Crippen LogP contribution in [0.4, 0.5) is 13.2 Å². The van der Waals surface area contributed by atoms with Crippen LogP contribution in [0, 0.1) is 0 Å². The molecule has 1 aromatic heterocycles. The smallest absolute Gasteiger partial charge is 0.337 e. The molecule has 2 aliphatic rings. The van der Waals surface area contributed by atoms with Crippen LogP contribution < -0.4 is 11.0 Å². The lowest BCUT2D eigenvalue weighted by Gasteiger charge is -2.32. The van der Waals surface area contributed by atoms with Crippen LogP contribution in [0.3, 0.4) is 0 Å². The number of benzene rings is 1. The Kier molecular flexibility index (Phi) is 4.92. The minimum absolute atomic E-state index is 0.138. The first-order valence-corrected chi connectivity index (χ1v) is 9.35. The third kappa shape index (κ3) is 3.79. The highest BCUT2D eigenvalue weighted by molar-refractivity contribution is 5.97. The summed E-state index contributed by atoms with van der Waals surface area (Å²) < 4.78 is 38.7. The molecule has 2 aromatic rings. The van der Waals surface area contributed by atoms with Crippen molar-refractivity contribution in [2.75, 3.05) is 39.3 Å². The molecule has 1 aromatic carbocycles. The molecular weight excluding hydrogens is 375 g/mol. The summed E-state index contributed by atoms with van der Waals surface area (Å²) in [5.74, 6) is -0.163. The molecule has 28 heavy (non-hydrogen) atoms. The molecule has 2 aliphatic heterocycles. The molecular formula is C18H22F3N5O2. The van der Waals surface area contributed by atoms with Gasteiger partial charge in [-0.15, -0.1) is 0 Å². The molecule has 4 rings (SSSR count). The van der Waals surface area contributed by atoms with Crippen molar-refractivity contribution in [3.05, 3.63) is 34.2 Å². The molecule has 1 unspecified atom stereocenters. The van der Waals surface area contributed by atoms with Gasteiger partial charge in [-0.05, 0) is 24.6 Å². The molecule has 152 valence electrons. The number of H-pyrrole nitrogens is 1. The highest BCUT2D eigenvalue weighted by atomic mass is 19.4. The van der Waals surface area contributed by atoms with Gasteiger partial charge in [-0.3, -0.25) is 14.3 Å². The first-order chi connectivity index (χ1) is 13.3. The normalized spacial score (nSPS) is 21.5. The van der Waals surface area contributed by atoms with E-state index in [2.05, 4.69) is 15.2 Å². The SMILES string of the molecule is O=C(c1ccc2c(c1)[nH]c(=O)n2CC(F)(F)F)N1CCC(N2CCNCC2)C1. The van der Waals surface area contributed by atoms with Crippen molar-refractivity contribution in [2.24, 2.45) is 0 Å². The molecule has 1 atom stereocenters. The molecule has 2 fully saturated rings. The maximum atomic E-state index is 12.9. The third-order valence-electron chi connectivity index (χ3n) is 5.48. The third-order valence-corrected chi connectivity index (χ3v) is 5.48. The number of alkyl halides is 3. The standard InChI is InChI=1S/C18H22F3N5O2/c19-18(20,21)11-26-15-2-1-12(9-14(15)23-17(26)28)16(27)25-6-3-13(10-25)24-7-4-22-5-8-24/h1-2,9,13,22H,3-8,10-11H2,(H,23,28). The molecule has 10 heteroatoms. The van der Waals surface area contributed by atoms with Crippen molar-refractivity contribution in [1.29, 1.82) is 0 Å². The Labute approximate surface area is 159 Å². The predicted octanol–water partition coefficient (Wildman–Crippen LogP) is 1.01. The number of fused-ring (bicyclic) bond motifs is 1. The summed E-state index contributed by atoms with van der Waals surface area (Å²) in [4.78, 5) is 31.3. The number of carbonyl (C=O) groups is 1. The maximum Gasteiger partial charge on any atom is 0.406 e. The zero-order valence-electron chi connectivity index (χ0n) is 15.3. The van der Waals surface area contributed by atoms with Crippen molar-refractivity contribution >= 4 is 16.9 Å². The van der Waals surface area contributed by atoms with Gasteiger partial charge in [-0.25, -0.2) is 4.79 Å². The molecule has 2 N–H and O–H groups in total. The topological polar surface area (TPSA) is 73.4 Å². The van der Waals surface area contributed by atoms with Gasteiger partial charge in [0.05, 0.1) is 11.0 Å². The minimum Gasteiger partial charge on any atom is -0.337 e. The lowest BCUT2D eigenvalue weighted by atomic mass is 10.1. The quantitative estimate of drug-likeness (QED) is 0.811. The van der Waals surface area contributed by atoms with Gasteiger partial charge in [0, 0.05) is 50.9 Å². The first-order valence-electron chi connectivity index (χ1n) is 9.35. The second kappa shape index (κ2) is 7.25. The molecule has 0 aliphatic carbocycles. The average molecular weight is 397 g/mol. The van der Waals surface area contributed by atoms with Gasteiger partial charge in [0.1, 0.15) is 6.54 Å². The van der Waals surface area contributed by atoms with E-state index in [0.29, 0.717) is 29.3 Å². The number of rotatable bonds is 3. The number of imidazole rings is 1. The lowest BCUT2D eigenvalue weighted by molar-refractivity contribution is -0.140. The molecule has 0 bridgehead atoms. The summed E-state index contributed by atoms with van der Waals surface area (Å²) in [6.45, 7) is 3.75. The number of nitrogens with zero attached hydrogens (tertiary/aromatic N) is 3. The molecule has 3 heterocycles. The molecule has 1 amide bonds. The minimum atomic E-state index is -4.50. The van der Waals surface area contributed by atoms with Gasteiger partial charge in [-0.1, -0.05) is 0 Å². The summed E-state index contributed by atoms with van der Waals surface area (Å²) in [6, 6.07) is 4.69. The average Bonchev–Trinajstić information content (AvgIpc) is 3.26. The van der Waals surface area contributed by atoms with Crippen LogP contribution in [-0.2, 0) is 6.54 Å². The molecule has 0 saturated carbocycles. The van der Waals surface area contributed by atoms with Crippen LogP contribution in [0.1, 0.15) is 16.8 Å². The van der Waals surface area contributed by atoms with Crippen molar-refractivity contribution in [2.45, 2.75) is 25.2 Å². The van der Waals surface area contributed by atoms with Crippen LogP contribution in [-0.4, -0.2) is 76.7 Å². The van der Waals surface area contributed by atoms with E-state index in [1.165, 1.54) is 18.2 Å². The Balaban J connectivity index is 1.51. The number of nitrogens with one attached hydrogen (secondary N) is 2. The van der Waals surface area contributed by atoms with E-state index in [1.54, 1.807) is 4.90 Å². The fourth-order valence-electron chi connectivity index (χ4n) is 4.09. The van der Waals surface area contributed by atoms with E-state index in [4.69, 9.17) is 0 Å². The maximum absolute atomic E-state index is 12.9. The number of likely N-dealkylation sites (tertiary alicyclic amines) is 1. The van der Waals surface area contributed by atoms with E-state index in [9.17, 15) is 22.8 Å². The summed E-state index contributed by atoms with van der Waals surface area (Å²) in [5.41, 5.74) is -0.0947. The highest BCUT2D eigenvalue weighted by Crippen LogP contribution is 2.22. The second-order valence-electron chi connectivity index (χ2n) is 7.34. The number of piperazine rings is 1. The van der Waals surface area contributed by atoms with Gasteiger partial charge in [-0.2, -0.15) is 13.2 Å². The van der Waals surface area contributed by atoms with Crippen LogP contribution in [0.2, 0.25) is 0 Å².